The molecule has 24 heavy (non-hydrogen) atoms. The molecule has 0 fully saturated rings. The largest absolute Gasteiger partial charge is 0.481 e. The van der Waals surface area contributed by atoms with Gasteiger partial charge in [-0.1, -0.05) is 0 Å². The molecule has 0 saturated heterocycles. The Morgan fingerprint density at radius 1 is 1.29 bits per heavy atom. The Bertz CT molecular complexity index is 1010. The summed E-state index contributed by atoms with van der Waals surface area (Å²) < 4.78 is 6.91. The van der Waals surface area contributed by atoms with Gasteiger partial charge in [0.25, 0.3) is 0 Å². The fourth-order valence-corrected chi connectivity index (χ4v) is 2.52. The molecular formula is C15H14N8O. The van der Waals surface area contributed by atoms with Crippen LogP contribution in [-0.4, -0.2) is 42.3 Å². The molecule has 9 nitrogen and oxygen atoms in total. The number of H-pyrrole nitrogens is 1. The SMILES string of the molecule is COc1cc(-n2cc(Cc3cc(N)nc4n[nH]nc34)cn2)ccn1. The van der Waals surface area contributed by atoms with Gasteiger partial charge in [-0.2, -0.15) is 15.4 Å². The lowest BCUT2D eigenvalue weighted by Crippen LogP contribution is -1.97. The highest BCUT2D eigenvalue weighted by atomic mass is 16.5. The van der Waals surface area contributed by atoms with E-state index in [9.17, 15) is 0 Å². The Kier molecular flexibility index (Phi) is 3.30. The van der Waals surface area contributed by atoms with E-state index in [1.165, 1.54) is 0 Å². The van der Waals surface area contributed by atoms with Crippen molar-refractivity contribution in [2.75, 3.05) is 12.8 Å². The average molecular weight is 322 g/mol. The number of fused-ring (bicyclic) bond motifs is 1. The van der Waals surface area contributed by atoms with Crippen LogP contribution in [0.4, 0.5) is 5.82 Å². The lowest BCUT2D eigenvalue weighted by Gasteiger charge is -2.03. The maximum absolute atomic E-state index is 5.83. The standard InChI is InChI=1S/C15H14N8O/c1-24-13-6-11(2-3-17-13)23-8-9(7-18-23)4-10-5-12(16)19-15-14(10)20-22-21-15/h2-3,5-8H,4H2,1H3,(H3,16,19,20,21,22). The van der Waals surface area contributed by atoms with Gasteiger partial charge in [-0.05, 0) is 23.3 Å². The summed E-state index contributed by atoms with van der Waals surface area (Å²) in [4.78, 5) is 8.23. The van der Waals surface area contributed by atoms with Crippen molar-refractivity contribution in [3.05, 3.63) is 47.9 Å². The molecule has 4 heterocycles. The quantitative estimate of drug-likeness (QED) is 0.577. The van der Waals surface area contributed by atoms with Crippen LogP contribution in [0.3, 0.4) is 0 Å². The summed E-state index contributed by atoms with van der Waals surface area (Å²) in [6.45, 7) is 0. The van der Waals surface area contributed by atoms with Gasteiger partial charge in [-0.3, -0.25) is 0 Å². The lowest BCUT2D eigenvalue weighted by molar-refractivity contribution is 0.397. The predicted octanol–water partition coefficient (Wildman–Crippen LogP) is 1.12. The number of methoxy groups -OCH3 is 1. The molecule has 9 heteroatoms. The van der Waals surface area contributed by atoms with Crippen LogP contribution in [0.15, 0.2) is 36.8 Å². The van der Waals surface area contributed by atoms with Gasteiger partial charge in [0.15, 0.2) is 0 Å². The highest BCUT2D eigenvalue weighted by molar-refractivity contribution is 5.76. The zero-order valence-electron chi connectivity index (χ0n) is 12.8. The Balaban J connectivity index is 1.66. The first-order chi connectivity index (χ1) is 11.7. The molecule has 4 aromatic rings. The van der Waals surface area contributed by atoms with Gasteiger partial charge in [0.05, 0.1) is 19.0 Å². The van der Waals surface area contributed by atoms with Crippen molar-refractivity contribution in [1.29, 1.82) is 0 Å². The Morgan fingerprint density at radius 2 is 2.21 bits per heavy atom. The van der Waals surface area contributed by atoms with Gasteiger partial charge in [-0.15, -0.1) is 5.10 Å². The molecule has 4 aromatic heterocycles. The van der Waals surface area contributed by atoms with Crippen LogP contribution in [-0.2, 0) is 6.42 Å². The topological polar surface area (TPSA) is 120 Å². The highest BCUT2D eigenvalue weighted by Gasteiger charge is 2.11. The Morgan fingerprint density at radius 3 is 3.08 bits per heavy atom. The number of anilines is 1. The van der Waals surface area contributed by atoms with E-state index in [2.05, 4.69) is 30.5 Å². The van der Waals surface area contributed by atoms with E-state index in [1.807, 2.05) is 18.3 Å². The van der Waals surface area contributed by atoms with E-state index >= 15 is 0 Å². The third-order valence-electron chi connectivity index (χ3n) is 3.61. The van der Waals surface area contributed by atoms with Crippen LogP contribution >= 0.6 is 0 Å². The van der Waals surface area contributed by atoms with Crippen LogP contribution in [0.1, 0.15) is 11.1 Å². The van der Waals surface area contributed by atoms with E-state index in [4.69, 9.17) is 10.5 Å². The van der Waals surface area contributed by atoms with E-state index in [1.54, 1.807) is 30.3 Å². The molecule has 0 spiro atoms. The summed E-state index contributed by atoms with van der Waals surface area (Å²) in [6, 6.07) is 5.48. The lowest BCUT2D eigenvalue weighted by atomic mass is 10.1. The van der Waals surface area contributed by atoms with Gasteiger partial charge >= 0.3 is 0 Å². The van der Waals surface area contributed by atoms with Gasteiger partial charge in [0.1, 0.15) is 11.3 Å². The van der Waals surface area contributed by atoms with Crippen molar-refractivity contribution in [3.8, 4) is 11.6 Å². The highest BCUT2D eigenvalue weighted by Crippen LogP contribution is 2.20. The van der Waals surface area contributed by atoms with Crippen molar-refractivity contribution in [1.82, 2.24) is 35.2 Å². The number of hydrogen-bond donors (Lipinski definition) is 2. The van der Waals surface area contributed by atoms with Crippen LogP contribution < -0.4 is 10.5 Å². The summed E-state index contributed by atoms with van der Waals surface area (Å²) in [5.74, 6) is 0.952. The second-order valence-electron chi connectivity index (χ2n) is 5.23. The maximum Gasteiger partial charge on any atom is 0.215 e. The molecule has 0 bridgehead atoms. The van der Waals surface area contributed by atoms with E-state index < -0.39 is 0 Å². The molecule has 0 aliphatic carbocycles. The minimum Gasteiger partial charge on any atom is -0.481 e. The minimum atomic E-state index is 0.415. The van der Waals surface area contributed by atoms with Crippen molar-refractivity contribution in [2.45, 2.75) is 6.42 Å². The molecule has 0 radical (unpaired) electrons. The normalized spacial score (nSPS) is 11.0. The molecule has 0 unspecified atom stereocenters. The number of nitrogens with two attached hydrogens (primary N) is 1. The summed E-state index contributed by atoms with van der Waals surface area (Å²) in [5, 5.41) is 15.1. The summed E-state index contributed by atoms with van der Waals surface area (Å²) in [7, 11) is 1.58. The van der Waals surface area contributed by atoms with Gasteiger partial charge in [-0.25, -0.2) is 14.6 Å². The van der Waals surface area contributed by atoms with Crippen molar-refractivity contribution in [3.63, 3.8) is 0 Å². The van der Waals surface area contributed by atoms with E-state index in [-0.39, 0.29) is 0 Å². The number of pyridine rings is 2. The summed E-state index contributed by atoms with van der Waals surface area (Å²) >= 11 is 0. The number of nitrogen functional groups attached to an aromatic ring is 1. The van der Waals surface area contributed by atoms with Crippen LogP contribution in [0.5, 0.6) is 5.88 Å². The number of rotatable bonds is 4. The third kappa shape index (κ3) is 2.51. The fourth-order valence-electron chi connectivity index (χ4n) is 2.52. The van der Waals surface area contributed by atoms with Crippen LogP contribution in [0.25, 0.3) is 16.9 Å². The fraction of sp³-hybridized carbons (Fsp3) is 0.133. The Labute approximate surface area is 136 Å². The van der Waals surface area contributed by atoms with Crippen LogP contribution in [0.2, 0.25) is 0 Å². The molecule has 3 N–H and O–H groups in total. The molecule has 0 aromatic carbocycles. The monoisotopic (exact) mass is 322 g/mol. The van der Waals surface area contributed by atoms with E-state index in [0.29, 0.717) is 29.3 Å². The molecule has 0 aliphatic rings. The Hall–Kier alpha value is -3.49. The van der Waals surface area contributed by atoms with Crippen LogP contribution in [0, 0.1) is 0 Å². The molecule has 0 aliphatic heterocycles. The van der Waals surface area contributed by atoms with Crippen molar-refractivity contribution < 1.29 is 4.74 Å². The zero-order valence-corrected chi connectivity index (χ0v) is 12.8. The van der Waals surface area contributed by atoms with Gasteiger partial charge in [0, 0.05) is 24.9 Å². The predicted molar refractivity (Wildman–Crippen MR) is 86.8 cm³/mol. The second-order valence-corrected chi connectivity index (χ2v) is 5.23. The molecule has 0 amide bonds. The first kappa shape index (κ1) is 14.1. The number of hydrogen-bond acceptors (Lipinski definition) is 7. The molecule has 4 rings (SSSR count). The van der Waals surface area contributed by atoms with Crippen molar-refractivity contribution in [2.24, 2.45) is 0 Å². The number of ether oxygens (including phenoxy) is 1. The van der Waals surface area contributed by atoms with Gasteiger partial charge in [0.2, 0.25) is 11.5 Å². The van der Waals surface area contributed by atoms with E-state index in [0.717, 1.165) is 16.8 Å². The molecular weight excluding hydrogens is 308 g/mol. The minimum absolute atomic E-state index is 0.415. The molecule has 0 saturated carbocycles. The number of nitrogens with zero attached hydrogens (tertiary/aromatic N) is 6. The third-order valence-corrected chi connectivity index (χ3v) is 3.61. The number of aromatic amines is 1. The molecule has 120 valence electrons. The first-order valence-electron chi connectivity index (χ1n) is 7.23. The second kappa shape index (κ2) is 5.61. The number of nitrogens with one attached hydrogen (secondary N) is 1. The summed E-state index contributed by atoms with van der Waals surface area (Å²) in [5.41, 5.74) is 9.88. The first-order valence-corrected chi connectivity index (χ1v) is 7.23. The number of aromatic nitrogens is 7. The zero-order chi connectivity index (χ0) is 16.5. The maximum atomic E-state index is 5.83. The average Bonchev–Trinajstić information content (AvgIpc) is 3.24. The molecule has 0 atom stereocenters. The summed E-state index contributed by atoms with van der Waals surface area (Å²) in [6.07, 6.45) is 6.04. The van der Waals surface area contributed by atoms with Gasteiger partial charge < -0.3 is 10.5 Å². The smallest absolute Gasteiger partial charge is 0.215 e. The van der Waals surface area contributed by atoms with Crippen molar-refractivity contribution >= 4 is 17.0 Å².